The van der Waals surface area contributed by atoms with Crippen molar-refractivity contribution in [3.63, 3.8) is 0 Å². The average Bonchev–Trinajstić information content (AvgIpc) is 3.35. The van der Waals surface area contributed by atoms with Gasteiger partial charge in [0.1, 0.15) is 17.3 Å². The zero-order chi connectivity index (χ0) is 22.8. The molecule has 9 heteroatoms. The smallest absolute Gasteiger partial charge is 0.293 e. The van der Waals surface area contributed by atoms with Crippen LogP contribution in [0.2, 0.25) is 0 Å². The lowest BCUT2D eigenvalue weighted by molar-refractivity contribution is -0.384. The molecular weight excluding hydrogens is 432 g/mol. The summed E-state index contributed by atoms with van der Waals surface area (Å²) in [5, 5.41) is 11.1. The number of hydrogen-bond donors (Lipinski definition) is 0. The van der Waals surface area contributed by atoms with Gasteiger partial charge < -0.3 is 9.15 Å². The number of hydrogen-bond acceptors (Lipinski definition) is 7. The van der Waals surface area contributed by atoms with Crippen LogP contribution in [0.1, 0.15) is 16.9 Å². The van der Waals surface area contributed by atoms with Gasteiger partial charge in [-0.2, -0.15) is 0 Å². The molecule has 0 bridgehead atoms. The number of nitro groups is 1. The Morgan fingerprint density at radius 3 is 2.56 bits per heavy atom. The third-order valence-corrected chi connectivity index (χ3v) is 5.81. The Balaban J connectivity index is 1.57. The van der Waals surface area contributed by atoms with Crippen LogP contribution < -0.4 is 4.74 Å². The Kier molecular flexibility index (Phi) is 5.83. The lowest BCUT2D eigenvalue weighted by atomic mass is 10.1. The molecule has 0 saturated carbocycles. The zero-order valence-corrected chi connectivity index (χ0v) is 18.0. The fraction of sp³-hybridized carbons (Fsp3) is 0.130. The summed E-state index contributed by atoms with van der Waals surface area (Å²) in [6.07, 6.45) is 1.47. The van der Waals surface area contributed by atoms with Crippen LogP contribution in [0.5, 0.6) is 5.75 Å². The largest absolute Gasteiger partial charge is 0.497 e. The molecule has 1 aliphatic heterocycles. The Labute approximate surface area is 187 Å². The van der Waals surface area contributed by atoms with Gasteiger partial charge in [0.15, 0.2) is 0 Å². The van der Waals surface area contributed by atoms with E-state index >= 15 is 0 Å². The molecule has 1 saturated heterocycles. The highest BCUT2D eigenvalue weighted by atomic mass is 32.2. The van der Waals surface area contributed by atoms with Crippen LogP contribution in [-0.4, -0.2) is 28.1 Å². The number of methoxy groups -OCH3 is 1. The van der Waals surface area contributed by atoms with Crippen molar-refractivity contribution in [2.75, 3.05) is 7.11 Å². The number of carbonyl (C=O) groups is 2. The van der Waals surface area contributed by atoms with Gasteiger partial charge in [-0.25, -0.2) is 0 Å². The predicted octanol–water partition coefficient (Wildman–Crippen LogP) is 5.41. The van der Waals surface area contributed by atoms with E-state index in [4.69, 9.17) is 9.15 Å². The normalized spacial score (nSPS) is 14.9. The molecule has 0 atom stereocenters. The van der Waals surface area contributed by atoms with Gasteiger partial charge >= 0.3 is 0 Å². The summed E-state index contributed by atoms with van der Waals surface area (Å²) in [6.45, 7) is 2.15. The Morgan fingerprint density at radius 1 is 1.12 bits per heavy atom. The first-order chi connectivity index (χ1) is 15.4. The minimum atomic E-state index is -0.517. The number of nitrogens with zero attached hydrogens (tertiary/aromatic N) is 2. The van der Waals surface area contributed by atoms with E-state index in [1.807, 2.05) is 31.2 Å². The molecule has 0 aliphatic carbocycles. The van der Waals surface area contributed by atoms with Crippen LogP contribution in [0.25, 0.3) is 17.4 Å². The van der Waals surface area contributed by atoms with Crippen molar-refractivity contribution in [1.29, 1.82) is 0 Å². The lowest BCUT2D eigenvalue weighted by Gasteiger charge is -2.12. The second-order valence-electron chi connectivity index (χ2n) is 7.10. The maximum atomic E-state index is 12.8. The summed E-state index contributed by atoms with van der Waals surface area (Å²) in [5.74, 6) is 0.527. The van der Waals surface area contributed by atoms with Crippen molar-refractivity contribution in [2.24, 2.45) is 0 Å². The fourth-order valence-corrected chi connectivity index (χ4v) is 4.03. The van der Waals surface area contributed by atoms with Gasteiger partial charge in [-0.15, -0.1) is 0 Å². The molecule has 2 amide bonds. The van der Waals surface area contributed by atoms with Crippen LogP contribution in [0, 0.1) is 17.0 Å². The number of thioether (sulfide) groups is 1. The van der Waals surface area contributed by atoms with E-state index in [2.05, 4.69) is 0 Å². The zero-order valence-electron chi connectivity index (χ0n) is 17.2. The van der Waals surface area contributed by atoms with E-state index in [-0.39, 0.29) is 33.7 Å². The summed E-state index contributed by atoms with van der Waals surface area (Å²) >= 11 is 0.831. The molecule has 32 heavy (non-hydrogen) atoms. The van der Waals surface area contributed by atoms with Gasteiger partial charge in [0.05, 0.1) is 35.1 Å². The van der Waals surface area contributed by atoms with Gasteiger partial charge in [0, 0.05) is 6.08 Å². The second kappa shape index (κ2) is 8.72. The number of nitro benzene ring substituents is 1. The summed E-state index contributed by atoms with van der Waals surface area (Å²) in [5.41, 5.74) is 2.06. The molecule has 3 aromatic rings. The first-order valence-corrected chi connectivity index (χ1v) is 10.4. The highest BCUT2D eigenvalue weighted by Crippen LogP contribution is 2.37. The highest BCUT2D eigenvalue weighted by Gasteiger charge is 2.35. The van der Waals surface area contributed by atoms with E-state index in [0.717, 1.165) is 22.9 Å². The molecule has 162 valence electrons. The number of imide groups is 1. The molecule has 4 rings (SSSR count). The standard InChI is InChI=1S/C23H18N2O6S/c1-14-3-5-15(6-4-14)13-24-22(26)21(32-23(24)27)12-17-8-10-20(31-17)18-9-7-16(30-2)11-19(18)25(28)29/h3-12H,13H2,1-2H3/b21-12-. The maximum absolute atomic E-state index is 12.8. The number of ether oxygens (including phenoxy) is 1. The Bertz CT molecular complexity index is 1250. The van der Waals surface area contributed by atoms with E-state index in [1.165, 1.54) is 30.2 Å². The third kappa shape index (κ3) is 4.28. The average molecular weight is 450 g/mol. The van der Waals surface area contributed by atoms with Gasteiger partial charge in [-0.1, -0.05) is 29.8 Å². The fourth-order valence-electron chi connectivity index (χ4n) is 3.21. The van der Waals surface area contributed by atoms with Crippen molar-refractivity contribution >= 4 is 34.7 Å². The molecule has 2 heterocycles. The second-order valence-corrected chi connectivity index (χ2v) is 8.09. The number of amides is 2. The van der Waals surface area contributed by atoms with Crippen molar-refractivity contribution in [3.8, 4) is 17.1 Å². The maximum Gasteiger partial charge on any atom is 0.293 e. The minimum Gasteiger partial charge on any atom is -0.497 e. The molecular formula is C23H18N2O6S. The number of aryl methyl sites for hydroxylation is 1. The number of rotatable bonds is 6. The van der Waals surface area contributed by atoms with Crippen molar-refractivity contribution in [2.45, 2.75) is 13.5 Å². The summed E-state index contributed by atoms with van der Waals surface area (Å²) in [4.78, 5) is 37.5. The first-order valence-electron chi connectivity index (χ1n) is 9.59. The Morgan fingerprint density at radius 2 is 1.88 bits per heavy atom. The summed E-state index contributed by atoms with van der Waals surface area (Å²) in [7, 11) is 1.43. The third-order valence-electron chi connectivity index (χ3n) is 4.90. The molecule has 2 aromatic carbocycles. The quantitative estimate of drug-likeness (QED) is 0.281. The monoisotopic (exact) mass is 450 g/mol. The Hall–Kier alpha value is -3.85. The van der Waals surface area contributed by atoms with Crippen LogP contribution in [0.4, 0.5) is 10.5 Å². The highest BCUT2D eigenvalue weighted by molar-refractivity contribution is 8.18. The molecule has 1 fully saturated rings. The molecule has 1 aliphatic rings. The predicted molar refractivity (Wildman–Crippen MR) is 120 cm³/mol. The lowest BCUT2D eigenvalue weighted by Crippen LogP contribution is -2.27. The molecule has 0 N–H and O–H groups in total. The minimum absolute atomic E-state index is 0.163. The van der Waals surface area contributed by atoms with E-state index < -0.39 is 10.8 Å². The van der Waals surface area contributed by atoms with Gasteiger partial charge in [-0.05, 0) is 48.5 Å². The van der Waals surface area contributed by atoms with Crippen molar-refractivity contribution < 1.29 is 23.7 Å². The summed E-state index contributed by atoms with van der Waals surface area (Å²) in [6, 6.07) is 15.2. The van der Waals surface area contributed by atoms with Crippen molar-refractivity contribution in [1.82, 2.24) is 4.90 Å². The van der Waals surface area contributed by atoms with Gasteiger partial charge in [-0.3, -0.25) is 24.6 Å². The summed E-state index contributed by atoms with van der Waals surface area (Å²) < 4.78 is 10.8. The van der Waals surface area contributed by atoms with Crippen LogP contribution >= 0.6 is 11.8 Å². The van der Waals surface area contributed by atoms with E-state index in [1.54, 1.807) is 18.2 Å². The van der Waals surface area contributed by atoms with Crippen LogP contribution in [0.3, 0.4) is 0 Å². The van der Waals surface area contributed by atoms with Crippen LogP contribution in [0.15, 0.2) is 63.9 Å². The first kappa shape index (κ1) is 21.4. The molecule has 0 radical (unpaired) electrons. The van der Waals surface area contributed by atoms with Crippen molar-refractivity contribution in [3.05, 3.63) is 86.5 Å². The SMILES string of the molecule is COc1ccc(-c2ccc(/C=C3\SC(=O)N(Cc4ccc(C)cc4)C3=O)o2)c([N+](=O)[O-])c1. The van der Waals surface area contributed by atoms with E-state index in [0.29, 0.717) is 11.5 Å². The van der Waals surface area contributed by atoms with Crippen LogP contribution in [-0.2, 0) is 11.3 Å². The number of benzene rings is 2. The van der Waals surface area contributed by atoms with E-state index in [9.17, 15) is 19.7 Å². The molecule has 8 nitrogen and oxygen atoms in total. The molecule has 1 aromatic heterocycles. The number of furan rings is 1. The molecule has 0 spiro atoms. The molecule has 0 unspecified atom stereocenters. The van der Waals surface area contributed by atoms with Gasteiger partial charge in [0.25, 0.3) is 16.8 Å². The van der Waals surface area contributed by atoms with Gasteiger partial charge in [0.2, 0.25) is 0 Å². The number of carbonyl (C=O) groups excluding carboxylic acids is 2. The topological polar surface area (TPSA) is 103 Å².